The van der Waals surface area contributed by atoms with Gasteiger partial charge >= 0.3 is 5.97 Å². The molecule has 31 heavy (non-hydrogen) atoms. The fourth-order valence-electron chi connectivity index (χ4n) is 3.61. The Labute approximate surface area is 190 Å². The predicted molar refractivity (Wildman–Crippen MR) is 126 cm³/mol. The van der Waals surface area contributed by atoms with Crippen LogP contribution in [0.25, 0.3) is 0 Å². The quantitative estimate of drug-likeness (QED) is 0.257. The van der Waals surface area contributed by atoms with Crippen molar-refractivity contribution in [2.24, 2.45) is 0 Å². The Hall–Kier alpha value is -2.72. The third-order valence-corrected chi connectivity index (χ3v) is 6.42. The predicted octanol–water partition coefficient (Wildman–Crippen LogP) is 5.31. The number of carbonyl (C=O) groups excluding carboxylic acids is 1. The number of esters is 1. The van der Waals surface area contributed by atoms with Crippen LogP contribution in [0.4, 0.5) is 16.4 Å². The van der Waals surface area contributed by atoms with Crippen LogP contribution in [0.5, 0.6) is 5.75 Å². The molecule has 3 rings (SSSR count). The van der Waals surface area contributed by atoms with Crippen LogP contribution in [0.3, 0.4) is 0 Å². The molecule has 0 saturated carbocycles. The summed E-state index contributed by atoms with van der Waals surface area (Å²) in [4.78, 5) is 24.7. The van der Waals surface area contributed by atoms with Crippen molar-refractivity contribution in [2.75, 3.05) is 24.4 Å². The Bertz CT molecular complexity index is 990. The van der Waals surface area contributed by atoms with Crippen molar-refractivity contribution in [3.8, 4) is 5.75 Å². The summed E-state index contributed by atoms with van der Waals surface area (Å²) in [6.07, 6.45) is 6.15. The molecule has 1 aromatic heterocycles. The van der Waals surface area contributed by atoms with E-state index in [0.717, 1.165) is 42.5 Å². The third-order valence-electron chi connectivity index (χ3n) is 5.01. The average Bonchev–Trinajstić information content (AvgIpc) is 3.04. The molecule has 0 amide bonds. The highest BCUT2D eigenvalue weighted by Crippen LogP contribution is 2.38. The van der Waals surface area contributed by atoms with Gasteiger partial charge in [0.1, 0.15) is 16.4 Å². The SMILES string of the molecule is CCOc1ccc(NC(=S)Nc2sc3c(c2C(=O)OC)CCCCCC3)c([N+](=O)[O-])c1. The van der Waals surface area contributed by atoms with Gasteiger partial charge in [-0.25, -0.2) is 4.79 Å². The minimum absolute atomic E-state index is 0.151. The summed E-state index contributed by atoms with van der Waals surface area (Å²) < 4.78 is 10.4. The van der Waals surface area contributed by atoms with E-state index >= 15 is 0 Å². The van der Waals surface area contributed by atoms with Gasteiger partial charge in [0.05, 0.1) is 30.3 Å². The number of hydrogen-bond donors (Lipinski definition) is 2. The lowest BCUT2D eigenvalue weighted by atomic mass is 9.96. The molecule has 0 fully saturated rings. The molecule has 1 aromatic carbocycles. The van der Waals surface area contributed by atoms with Gasteiger partial charge in [0, 0.05) is 4.88 Å². The minimum atomic E-state index is -0.496. The molecule has 1 heterocycles. The molecule has 2 N–H and O–H groups in total. The molecule has 0 unspecified atom stereocenters. The van der Waals surface area contributed by atoms with Crippen molar-refractivity contribution < 1.29 is 19.2 Å². The molecule has 1 aliphatic carbocycles. The number of thiophene rings is 1. The smallest absolute Gasteiger partial charge is 0.341 e. The summed E-state index contributed by atoms with van der Waals surface area (Å²) in [5.41, 5.74) is 1.62. The maximum absolute atomic E-state index is 12.5. The van der Waals surface area contributed by atoms with E-state index in [1.807, 2.05) is 0 Å². The molecule has 0 aliphatic heterocycles. The number of anilines is 2. The molecule has 2 aromatic rings. The molecule has 10 heteroatoms. The number of thiocarbonyl (C=S) groups is 1. The lowest BCUT2D eigenvalue weighted by Gasteiger charge is -2.12. The van der Waals surface area contributed by atoms with E-state index in [9.17, 15) is 14.9 Å². The van der Waals surface area contributed by atoms with E-state index < -0.39 is 10.9 Å². The highest BCUT2D eigenvalue weighted by Gasteiger charge is 2.26. The second-order valence-electron chi connectivity index (χ2n) is 7.06. The van der Waals surface area contributed by atoms with Crippen LogP contribution in [-0.4, -0.2) is 29.7 Å². The van der Waals surface area contributed by atoms with Crippen molar-refractivity contribution in [3.05, 3.63) is 44.3 Å². The summed E-state index contributed by atoms with van der Waals surface area (Å²) in [5, 5.41) is 18.2. The van der Waals surface area contributed by atoms with E-state index in [4.69, 9.17) is 21.7 Å². The molecule has 1 aliphatic rings. The Morgan fingerprint density at radius 2 is 1.97 bits per heavy atom. The molecule has 0 atom stereocenters. The molecular weight excluding hydrogens is 438 g/mol. The van der Waals surface area contributed by atoms with Crippen LogP contribution < -0.4 is 15.4 Å². The second kappa shape index (κ2) is 10.5. The van der Waals surface area contributed by atoms with Gasteiger partial charge in [0.2, 0.25) is 0 Å². The van der Waals surface area contributed by atoms with Crippen LogP contribution in [0.15, 0.2) is 18.2 Å². The maximum atomic E-state index is 12.5. The van der Waals surface area contributed by atoms with Crippen molar-refractivity contribution >= 4 is 51.0 Å². The number of nitro benzene ring substituents is 1. The van der Waals surface area contributed by atoms with Crippen molar-refractivity contribution in [3.63, 3.8) is 0 Å². The van der Waals surface area contributed by atoms with E-state index in [1.54, 1.807) is 19.1 Å². The summed E-state index contributed by atoms with van der Waals surface area (Å²) in [7, 11) is 1.36. The van der Waals surface area contributed by atoms with Gasteiger partial charge in [-0.05, 0) is 62.5 Å². The summed E-state index contributed by atoms with van der Waals surface area (Å²) >= 11 is 6.90. The topological polar surface area (TPSA) is 103 Å². The van der Waals surface area contributed by atoms with Crippen LogP contribution in [0.1, 0.15) is 53.4 Å². The first-order valence-corrected chi connectivity index (χ1v) is 11.4. The molecular formula is C21H25N3O5S2. The number of ether oxygens (including phenoxy) is 2. The maximum Gasteiger partial charge on any atom is 0.341 e. The van der Waals surface area contributed by atoms with Crippen LogP contribution in [0, 0.1) is 10.1 Å². The largest absolute Gasteiger partial charge is 0.494 e. The van der Waals surface area contributed by atoms with Gasteiger partial charge in [0.15, 0.2) is 5.11 Å². The van der Waals surface area contributed by atoms with E-state index in [1.165, 1.54) is 30.9 Å². The van der Waals surface area contributed by atoms with Gasteiger partial charge in [-0.15, -0.1) is 11.3 Å². The fraction of sp³-hybridized carbons (Fsp3) is 0.429. The molecule has 0 spiro atoms. The summed E-state index contributed by atoms with van der Waals surface area (Å²) in [5.74, 6) is 0.0000820. The number of nitro groups is 1. The minimum Gasteiger partial charge on any atom is -0.494 e. The number of nitrogens with zero attached hydrogens (tertiary/aromatic N) is 1. The number of fused-ring (bicyclic) bond motifs is 1. The molecule has 0 saturated heterocycles. The highest BCUT2D eigenvalue weighted by atomic mass is 32.1. The number of benzene rings is 1. The standard InChI is InChI=1S/C21H25N3O5S2/c1-3-29-13-10-11-15(16(12-13)24(26)27)22-21(30)23-19-18(20(25)28-2)14-8-6-4-5-7-9-17(14)31-19/h10-12H,3-9H2,1-2H3,(H2,22,23,30). The number of methoxy groups -OCH3 is 1. The lowest BCUT2D eigenvalue weighted by molar-refractivity contribution is -0.384. The Morgan fingerprint density at radius 1 is 1.23 bits per heavy atom. The number of aryl methyl sites for hydroxylation is 1. The number of hydrogen-bond acceptors (Lipinski definition) is 7. The normalized spacial score (nSPS) is 13.4. The van der Waals surface area contributed by atoms with Gasteiger partial charge in [-0.1, -0.05) is 12.8 Å². The monoisotopic (exact) mass is 463 g/mol. The number of nitrogens with one attached hydrogen (secondary N) is 2. The Morgan fingerprint density at radius 3 is 2.65 bits per heavy atom. The van der Waals surface area contributed by atoms with Gasteiger partial charge in [-0.2, -0.15) is 0 Å². The molecule has 0 radical (unpaired) electrons. The average molecular weight is 464 g/mol. The lowest BCUT2D eigenvalue weighted by Crippen LogP contribution is -2.21. The zero-order valence-corrected chi connectivity index (χ0v) is 19.1. The number of rotatable bonds is 6. The van der Waals surface area contributed by atoms with Gasteiger partial charge in [0.25, 0.3) is 5.69 Å². The Kier molecular flexibility index (Phi) is 7.80. The van der Waals surface area contributed by atoms with Gasteiger partial charge in [-0.3, -0.25) is 10.1 Å². The first kappa shape index (κ1) is 23.0. The fourth-order valence-corrected chi connectivity index (χ4v) is 5.17. The van der Waals surface area contributed by atoms with Crippen molar-refractivity contribution in [2.45, 2.75) is 45.4 Å². The van der Waals surface area contributed by atoms with Crippen molar-refractivity contribution in [1.82, 2.24) is 0 Å². The van der Waals surface area contributed by atoms with E-state index in [0.29, 0.717) is 22.9 Å². The van der Waals surface area contributed by atoms with Crippen LogP contribution >= 0.6 is 23.6 Å². The zero-order chi connectivity index (χ0) is 22.4. The first-order valence-electron chi connectivity index (χ1n) is 10.2. The third kappa shape index (κ3) is 5.50. The first-order chi connectivity index (χ1) is 14.9. The summed E-state index contributed by atoms with van der Waals surface area (Å²) in [6, 6.07) is 4.54. The Balaban J connectivity index is 1.86. The van der Waals surface area contributed by atoms with Crippen molar-refractivity contribution in [1.29, 1.82) is 0 Å². The van der Waals surface area contributed by atoms with Crippen LogP contribution in [-0.2, 0) is 17.6 Å². The molecule has 166 valence electrons. The van der Waals surface area contributed by atoms with Gasteiger partial charge < -0.3 is 20.1 Å². The molecule has 8 nitrogen and oxygen atoms in total. The van der Waals surface area contributed by atoms with E-state index in [2.05, 4.69) is 10.6 Å². The van der Waals surface area contributed by atoms with Crippen LogP contribution in [0.2, 0.25) is 0 Å². The molecule has 0 bridgehead atoms. The van der Waals surface area contributed by atoms with E-state index in [-0.39, 0.29) is 16.5 Å². The summed E-state index contributed by atoms with van der Waals surface area (Å²) in [6.45, 7) is 2.21. The second-order valence-corrected chi connectivity index (χ2v) is 8.58. The number of carbonyl (C=O) groups is 1. The zero-order valence-electron chi connectivity index (χ0n) is 17.5. The highest BCUT2D eigenvalue weighted by molar-refractivity contribution is 7.80.